The minimum atomic E-state index is 0.915. The zero-order chi connectivity index (χ0) is 8.81. The molecule has 1 rings (SSSR count). The highest BCUT2D eigenvalue weighted by atomic mass is 15.1. The Morgan fingerprint density at radius 3 is 2.42 bits per heavy atom. The van der Waals surface area contributed by atoms with Crippen LogP contribution in [-0.4, -0.2) is 7.05 Å². The van der Waals surface area contributed by atoms with E-state index in [0.29, 0.717) is 0 Å². The molecule has 1 aromatic carbocycles. The van der Waals surface area contributed by atoms with E-state index in [4.69, 9.17) is 0 Å². The molecule has 0 saturated heterocycles. The molecule has 0 aliphatic rings. The third kappa shape index (κ3) is 2.02. The van der Waals surface area contributed by atoms with Gasteiger partial charge in [-0.3, -0.25) is 0 Å². The molecule has 0 N–H and O–H groups in total. The fraction of sp³-hybridized carbons (Fsp3) is 0.200. The van der Waals surface area contributed by atoms with E-state index in [1.807, 2.05) is 43.3 Å². The van der Waals surface area contributed by atoms with E-state index < -0.39 is 0 Å². The molecule has 0 saturated carbocycles. The van der Waals surface area contributed by atoms with E-state index in [-0.39, 0.29) is 0 Å². The molecule has 62 valence electrons. The van der Waals surface area contributed by atoms with E-state index in [1.165, 1.54) is 0 Å². The molecule has 0 radical (unpaired) electrons. The van der Waals surface area contributed by atoms with Crippen molar-refractivity contribution in [1.82, 2.24) is 0 Å². The third-order valence-electron chi connectivity index (χ3n) is 1.55. The van der Waals surface area contributed by atoms with Crippen molar-refractivity contribution in [3.63, 3.8) is 0 Å². The molecular formula is C10H12N2. The van der Waals surface area contributed by atoms with Crippen molar-refractivity contribution in [2.75, 3.05) is 7.05 Å². The predicted octanol–water partition coefficient (Wildman–Crippen LogP) is 3.13. The molecule has 0 amide bonds. The summed E-state index contributed by atoms with van der Waals surface area (Å²) in [6.45, 7) is 1.96. The second-order valence-corrected chi connectivity index (χ2v) is 2.34. The van der Waals surface area contributed by atoms with Crippen LogP contribution < -0.4 is 0 Å². The lowest BCUT2D eigenvalue weighted by atomic mass is 10.1. The van der Waals surface area contributed by atoms with Gasteiger partial charge in [-0.1, -0.05) is 36.4 Å². The number of hydrogen-bond donors (Lipinski definition) is 0. The van der Waals surface area contributed by atoms with Crippen molar-refractivity contribution in [3.05, 3.63) is 42.0 Å². The lowest BCUT2D eigenvalue weighted by molar-refractivity contribution is 1.17. The van der Waals surface area contributed by atoms with Gasteiger partial charge in [0.2, 0.25) is 0 Å². The SMILES string of the molecule is C/C=C(\N=N/C)c1ccccc1. The largest absolute Gasteiger partial charge is 0.192 e. The van der Waals surface area contributed by atoms with Crippen LogP contribution in [0.2, 0.25) is 0 Å². The van der Waals surface area contributed by atoms with Crippen LogP contribution in [-0.2, 0) is 0 Å². The van der Waals surface area contributed by atoms with Crippen molar-refractivity contribution >= 4 is 5.70 Å². The van der Waals surface area contributed by atoms with Gasteiger partial charge in [-0.2, -0.15) is 10.2 Å². The Morgan fingerprint density at radius 1 is 1.25 bits per heavy atom. The summed E-state index contributed by atoms with van der Waals surface area (Å²) in [5.41, 5.74) is 2.02. The molecule has 0 spiro atoms. The average Bonchev–Trinajstić information content (AvgIpc) is 2.15. The first-order valence-electron chi connectivity index (χ1n) is 3.90. The van der Waals surface area contributed by atoms with Gasteiger partial charge < -0.3 is 0 Å². The Balaban J connectivity index is 2.97. The number of allylic oxidation sites excluding steroid dienone is 1. The molecule has 2 nitrogen and oxygen atoms in total. The van der Waals surface area contributed by atoms with E-state index in [9.17, 15) is 0 Å². The highest BCUT2D eigenvalue weighted by molar-refractivity contribution is 5.63. The quantitative estimate of drug-likeness (QED) is 0.594. The third-order valence-corrected chi connectivity index (χ3v) is 1.55. The van der Waals surface area contributed by atoms with Crippen molar-refractivity contribution < 1.29 is 0 Å². The number of rotatable bonds is 2. The Bertz CT molecular complexity index is 286. The molecule has 0 atom stereocenters. The van der Waals surface area contributed by atoms with Crippen LogP contribution in [0, 0.1) is 0 Å². The molecule has 0 fully saturated rings. The van der Waals surface area contributed by atoms with Gasteiger partial charge in [0.05, 0.1) is 5.70 Å². The average molecular weight is 160 g/mol. The topological polar surface area (TPSA) is 24.7 Å². The zero-order valence-corrected chi connectivity index (χ0v) is 7.36. The minimum Gasteiger partial charge on any atom is -0.192 e. The molecule has 12 heavy (non-hydrogen) atoms. The minimum absolute atomic E-state index is 0.915. The first-order chi connectivity index (χ1) is 5.88. The monoisotopic (exact) mass is 160 g/mol. The summed E-state index contributed by atoms with van der Waals surface area (Å²) in [7, 11) is 1.67. The maximum atomic E-state index is 4.00. The lowest BCUT2D eigenvalue weighted by Gasteiger charge is -1.97. The van der Waals surface area contributed by atoms with Gasteiger partial charge >= 0.3 is 0 Å². The van der Waals surface area contributed by atoms with Crippen molar-refractivity contribution in [3.8, 4) is 0 Å². The number of azo groups is 1. The molecule has 0 aliphatic carbocycles. The fourth-order valence-electron chi connectivity index (χ4n) is 0.999. The summed E-state index contributed by atoms with van der Waals surface area (Å²) in [5.74, 6) is 0. The van der Waals surface area contributed by atoms with Gasteiger partial charge in [0, 0.05) is 12.6 Å². The van der Waals surface area contributed by atoms with Crippen LogP contribution in [0.1, 0.15) is 12.5 Å². The molecule has 1 aromatic rings. The van der Waals surface area contributed by atoms with Gasteiger partial charge in [0.25, 0.3) is 0 Å². The van der Waals surface area contributed by atoms with Gasteiger partial charge in [-0.05, 0) is 6.92 Å². The number of nitrogens with zero attached hydrogens (tertiary/aromatic N) is 2. The zero-order valence-electron chi connectivity index (χ0n) is 7.36. The summed E-state index contributed by atoms with van der Waals surface area (Å²) in [4.78, 5) is 0. The standard InChI is InChI=1S/C10H12N2/c1-3-10(12-11-2)9-7-5-4-6-8-9/h3-8H,1-2H3/b10-3-,12-11-. The fourth-order valence-corrected chi connectivity index (χ4v) is 0.999. The molecule has 2 heteroatoms. The first kappa shape index (κ1) is 8.65. The van der Waals surface area contributed by atoms with Crippen molar-refractivity contribution in [1.29, 1.82) is 0 Å². The van der Waals surface area contributed by atoms with Gasteiger partial charge in [-0.25, -0.2) is 0 Å². The number of hydrogen-bond acceptors (Lipinski definition) is 2. The second-order valence-electron chi connectivity index (χ2n) is 2.34. The summed E-state index contributed by atoms with van der Waals surface area (Å²) in [6, 6.07) is 10.0. The molecule has 0 aromatic heterocycles. The Kier molecular flexibility index (Phi) is 3.20. The van der Waals surface area contributed by atoms with Crippen LogP contribution in [0.4, 0.5) is 0 Å². The van der Waals surface area contributed by atoms with Crippen LogP contribution in [0.25, 0.3) is 5.70 Å². The normalized spacial score (nSPS) is 12.3. The Morgan fingerprint density at radius 2 is 1.92 bits per heavy atom. The molecule has 0 heterocycles. The van der Waals surface area contributed by atoms with E-state index >= 15 is 0 Å². The van der Waals surface area contributed by atoms with Crippen molar-refractivity contribution in [2.45, 2.75) is 6.92 Å². The van der Waals surface area contributed by atoms with Crippen LogP contribution in [0.5, 0.6) is 0 Å². The summed E-state index contributed by atoms with van der Waals surface area (Å²) >= 11 is 0. The van der Waals surface area contributed by atoms with Gasteiger partial charge in [0.1, 0.15) is 0 Å². The van der Waals surface area contributed by atoms with E-state index in [0.717, 1.165) is 11.3 Å². The summed E-state index contributed by atoms with van der Waals surface area (Å²) in [6.07, 6.45) is 1.95. The lowest BCUT2D eigenvalue weighted by Crippen LogP contribution is -1.77. The Labute approximate surface area is 72.6 Å². The number of benzene rings is 1. The van der Waals surface area contributed by atoms with Crippen molar-refractivity contribution in [2.24, 2.45) is 10.2 Å². The Hall–Kier alpha value is -1.44. The summed E-state index contributed by atoms with van der Waals surface area (Å²) in [5, 5.41) is 7.74. The maximum absolute atomic E-state index is 4.00. The highest BCUT2D eigenvalue weighted by Crippen LogP contribution is 2.14. The molecular weight excluding hydrogens is 148 g/mol. The predicted molar refractivity (Wildman–Crippen MR) is 50.9 cm³/mol. The maximum Gasteiger partial charge on any atom is 0.0882 e. The van der Waals surface area contributed by atoms with Crippen LogP contribution >= 0.6 is 0 Å². The van der Waals surface area contributed by atoms with E-state index in [1.54, 1.807) is 7.05 Å². The molecule has 0 bridgehead atoms. The smallest absolute Gasteiger partial charge is 0.0882 e. The molecule has 0 aliphatic heterocycles. The van der Waals surface area contributed by atoms with Gasteiger partial charge in [0.15, 0.2) is 0 Å². The second kappa shape index (κ2) is 4.44. The molecule has 0 unspecified atom stereocenters. The summed E-state index contributed by atoms with van der Waals surface area (Å²) < 4.78 is 0. The highest BCUT2D eigenvalue weighted by Gasteiger charge is 1.95. The van der Waals surface area contributed by atoms with E-state index in [2.05, 4.69) is 10.2 Å². The van der Waals surface area contributed by atoms with Crippen LogP contribution in [0.3, 0.4) is 0 Å². The van der Waals surface area contributed by atoms with Crippen LogP contribution in [0.15, 0.2) is 46.6 Å². The first-order valence-corrected chi connectivity index (χ1v) is 3.90. The van der Waals surface area contributed by atoms with Gasteiger partial charge in [-0.15, -0.1) is 0 Å².